The van der Waals surface area contributed by atoms with E-state index in [2.05, 4.69) is 5.32 Å². The van der Waals surface area contributed by atoms with Crippen LogP contribution in [0.2, 0.25) is 0 Å². The number of amides is 2. The first-order valence-corrected chi connectivity index (χ1v) is 9.33. The highest BCUT2D eigenvalue weighted by Crippen LogP contribution is 2.37. The molecular weight excluding hydrogens is 340 g/mol. The molecule has 2 amide bonds. The van der Waals surface area contributed by atoms with Crippen LogP contribution in [0.1, 0.15) is 44.0 Å². The van der Waals surface area contributed by atoms with Gasteiger partial charge in [-0.25, -0.2) is 4.79 Å². The second-order valence-electron chi connectivity index (χ2n) is 6.34. The second-order valence-corrected chi connectivity index (χ2v) is 7.96. The fourth-order valence-corrected chi connectivity index (χ4v) is 3.72. The molecule has 1 fully saturated rings. The third-order valence-electron chi connectivity index (χ3n) is 4.09. The number of carbonyl (C=O) groups excluding carboxylic acids is 3. The predicted octanol–water partition coefficient (Wildman–Crippen LogP) is 2.89. The van der Waals surface area contributed by atoms with E-state index in [0.717, 1.165) is 19.3 Å². The number of ether oxygens (including phenoxy) is 1. The molecule has 0 aromatic heterocycles. The van der Waals surface area contributed by atoms with Crippen LogP contribution < -0.4 is 5.32 Å². The quantitative estimate of drug-likeness (QED) is 0.457. The summed E-state index contributed by atoms with van der Waals surface area (Å²) in [6.07, 6.45) is 2.52. The van der Waals surface area contributed by atoms with Crippen LogP contribution in [-0.4, -0.2) is 46.5 Å². The molecule has 2 rings (SSSR count). The molecule has 1 heterocycles. The van der Waals surface area contributed by atoms with Crippen LogP contribution in [-0.2, 0) is 14.3 Å². The van der Waals surface area contributed by atoms with Gasteiger partial charge in [-0.05, 0) is 44.5 Å². The molecule has 0 aliphatic carbocycles. The molecule has 1 aliphatic heterocycles. The summed E-state index contributed by atoms with van der Waals surface area (Å²) in [7, 11) is 0. The maximum absolute atomic E-state index is 12.4. The molecule has 1 aliphatic rings. The van der Waals surface area contributed by atoms with Crippen LogP contribution in [0.3, 0.4) is 0 Å². The lowest BCUT2D eigenvalue weighted by Gasteiger charge is -2.30. The van der Waals surface area contributed by atoms with Crippen LogP contribution in [0.15, 0.2) is 24.3 Å². The highest BCUT2D eigenvalue weighted by Gasteiger charge is 2.42. The Morgan fingerprint density at radius 1 is 1.36 bits per heavy atom. The average Bonchev–Trinajstić information content (AvgIpc) is 2.90. The van der Waals surface area contributed by atoms with E-state index in [0.29, 0.717) is 23.6 Å². The fraction of sp³-hybridized carbons (Fsp3) is 0.500. The zero-order valence-electron chi connectivity index (χ0n) is 14.8. The highest BCUT2D eigenvalue weighted by molar-refractivity contribution is 8.00. The van der Waals surface area contributed by atoms with Crippen molar-refractivity contribution in [1.82, 2.24) is 4.90 Å². The van der Waals surface area contributed by atoms with Gasteiger partial charge in [0.25, 0.3) is 0 Å². The largest absolute Gasteiger partial charge is 0.462 e. The third kappa shape index (κ3) is 4.75. The van der Waals surface area contributed by atoms with E-state index in [9.17, 15) is 14.4 Å². The molecule has 25 heavy (non-hydrogen) atoms. The number of nitrogens with zero attached hydrogens (tertiary/aromatic N) is 1. The number of hydrogen-bond donors (Lipinski definition) is 1. The molecule has 6 nitrogen and oxygen atoms in total. The van der Waals surface area contributed by atoms with E-state index in [-0.39, 0.29) is 11.9 Å². The van der Waals surface area contributed by atoms with Crippen molar-refractivity contribution in [2.45, 2.75) is 44.5 Å². The minimum atomic E-state index is -0.504. The zero-order valence-corrected chi connectivity index (χ0v) is 15.6. The van der Waals surface area contributed by atoms with Crippen molar-refractivity contribution < 1.29 is 19.1 Å². The van der Waals surface area contributed by atoms with Crippen LogP contribution >= 0.6 is 11.8 Å². The molecule has 1 atom stereocenters. The normalized spacial score (nSPS) is 18.7. The molecule has 7 heteroatoms. The molecular formula is C18H24N2O4S. The maximum atomic E-state index is 12.4. The zero-order chi connectivity index (χ0) is 18.4. The van der Waals surface area contributed by atoms with E-state index in [1.165, 1.54) is 4.90 Å². The van der Waals surface area contributed by atoms with Gasteiger partial charge in [0.1, 0.15) is 6.04 Å². The van der Waals surface area contributed by atoms with E-state index in [1.807, 2.05) is 20.8 Å². The van der Waals surface area contributed by atoms with Gasteiger partial charge < -0.3 is 15.0 Å². The molecule has 0 radical (unpaired) electrons. The van der Waals surface area contributed by atoms with Crippen molar-refractivity contribution >= 4 is 35.7 Å². The summed E-state index contributed by atoms with van der Waals surface area (Å²) in [6.45, 7) is 6.27. The Balaban J connectivity index is 1.96. The van der Waals surface area contributed by atoms with E-state index < -0.39 is 10.9 Å². The Kier molecular flexibility index (Phi) is 6.47. The number of nitrogens with one attached hydrogen (secondary N) is 1. The third-order valence-corrected chi connectivity index (χ3v) is 5.49. The Morgan fingerprint density at radius 2 is 2.04 bits per heavy atom. The van der Waals surface area contributed by atoms with Gasteiger partial charge in [-0.1, -0.05) is 13.3 Å². The lowest BCUT2D eigenvalue weighted by molar-refractivity contribution is -0.130. The number of rotatable bonds is 7. The molecule has 1 aromatic rings. The van der Waals surface area contributed by atoms with Crippen molar-refractivity contribution in [3.63, 3.8) is 0 Å². The van der Waals surface area contributed by atoms with Crippen LogP contribution in [0.4, 0.5) is 5.69 Å². The summed E-state index contributed by atoms with van der Waals surface area (Å²) < 4.78 is 5.15. The predicted molar refractivity (Wildman–Crippen MR) is 98.5 cm³/mol. The van der Waals surface area contributed by atoms with Gasteiger partial charge >= 0.3 is 5.97 Å². The SMILES string of the molecule is CCCCOC(=O)c1ccc(NC(=O)C2CSC(C)(C)N2C=O)cc1. The first kappa shape index (κ1) is 19.3. The first-order valence-electron chi connectivity index (χ1n) is 8.34. The van der Waals surface area contributed by atoms with Crippen molar-refractivity contribution in [3.05, 3.63) is 29.8 Å². The van der Waals surface area contributed by atoms with Crippen LogP contribution in [0.25, 0.3) is 0 Å². The summed E-state index contributed by atoms with van der Waals surface area (Å²) in [5.41, 5.74) is 1.02. The molecule has 0 bridgehead atoms. The highest BCUT2D eigenvalue weighted by atomic mass is 32.2. The van der Waals surface area contributed by atoms with Crippen molar-refractivity contribution in [1.29, 1.82) is 0 Å². The molecule has 136 valence electrons. The summed E-state index contributed by atoms with van der Waals surface area (Å²) in [4.78, 5) is 36.7. The Hall–Kier alpha value is -2.02. The summed E-state index contributed by atoms with van der Waals surface area (Å²) >= 11 is 1.57. The number of esters is 1. The molecule has 0 saturated carbocycles. The second kappa shape index (κ2) is 8.38. The average molecular weight is 364 g/mol. The van der Waals surface area contributed by atoms with Gasteiger partial charge in [0.15, 0.2) is 0 Å². The maximum Gasteiger partial charge on any atom is 0.338 e. The Labute approximate surface area is 152 Å². The van der Waals surface area contributed by atoms with Gasteiger partial charge in [0.2, 0.25) is 12.3 Å². The van der Waals surface area contributed by atoms with Gasteiger partial charge in [0, 0.05) is 11.4 Å². The van der Waals surface area contributed by atoms with Gasteiger partial charge in [-0.2, -0.15) is 0 Å². The number of thioether (sulfide) groups is 1. The summed E-state index contributed by atoms with van der Waals surface area (Å²) in [6, 6.07) is 6.06. The van der Waals surface area contributed by atoms with Crippen LogP contribution in [0.5, 0.6) is 0 Å². The van der Waals surface area contributed by atoms with E-state index in [4.69, 9.17) is 4.74 Å². The molecule has 1 N–H and O–H groups in total. The Morgan fingerprint density at radius 3 is 2.64 bits per heavy atom. The molecule has 1 saturated heterocycles. The summed E-state index contributed by atoms with van der Waals surface area (Å²) in [5.74, 6) is -0.0461. The summed E-state index contributed by atoms with van der Waals surface area (Å²) in [5, 5.41) is 2.80. The number of unbranched alkanes of at least 4 members (excludes halogenated alkanes) is 1. The van der Waals surface area contributed by atoms with Gasteiger partial charge in [-0.3, -0.25) is 9.59 Å². The lowest BCUT2D eigenvalue weighted by atomic mass is 10.2. The number of benzene rings is 1. The van der Waals surface area contributed by atoms with E-state index in [1.54, 1.807) is 36.0 Å². The number of anilines is 1. The Bertz CT molecular complexity index is 630. The minimum Gasteiger partial charge on any atom is -0.462 e. The number of hydrogen-bond acceptors (Lipinski definition) is 5. The fourth-order valence-electron chi connectivity index (χ4n) is 2.52. The molecule has 1 unspecified atom stereocenters. The molecule has 1 aromatic carbocycles. The topological polar surface area (TPSA) is 75.7 Å². The van der Waals surface area contributed by atoms with E-state index >= 15 is 0 Å². The van der Waals surface area contributed by atoms with Crippen LogP contribution in [0, 0.1) is 0 Å². The lowest BCUT2D eigenvalue weighted by Crippen LogP contribution is -2.47. The van der Waals surface area contributed by atoms with Crippen molar-refractivity contribution in [2.24, 2.45) is 0 Å². The minimum absolute atomic E-state index is 0.233. The smallest absolute Gasteiger partial charge is 0.338 e. The van der Waals surface area contributed by atoms with Crippen molar-refractivity contribution in [3.8, 4) is 0 Å². The first-order chi connectivity index (χ1) is 11.9. The number of carbonyl (C=O) groups is 3. The molecule has 0 spiro atoms. The van der Waals surface area contributed by atoms with Gasteiger partial charge in [0.05, 0.1) is 17.0 Å². The standard InChI is InChI=1S/C18H24N2O4S/c1-4-5-10-24-17(23)13-6-8-14(9-7-13)19-16(22)15-11-25-18(2,3)20(15)12-21/h6-9,12,15H,4-5,10-11H2,1-3H3,(H,19,22). The monoisotopic (exact) mass is 364 g/mol. The van der Waals surface area contributed by atoms with Crippen molar-refractivity contribution in [2.75, 3.05) is 17.7 Å². The van der Waals surface area contributed by atoms with Gasteiger partial charge in [-0.15, -0.1) is 11.8 Å².